The predicted octanol–water partition coefficient (Wildman–Crippen LogP) is 8.65. The van der Waals surface area contributed by atoms with Crippen LogP contribution in [-0.2, 0) is 9.47 Å². The number of nitrogens with one attached hydrogen (secondary N) is 4. The van der Waals surface area contributed by atoms with Gasteiger partial charge in [-0.2, -0.15) is 5.26 Å². The summed E-state index contributed by atoms with van der Waals surface area (Å²) in [5.41, 5.74) is 10.7. The predicted molar refractivity (Wildman–Crippen MR) is 313 cm³/mol. The number of carbonyl (C=O) groups excluding carboxylic acids is 3. The fourth-order valence-electron chi connectivity index (χ4n) is 11.1. The van der Waals surface area contributed by atoms with Gasteiger partial charge in [-0.05, 0) is 138 Å². The molecule has 21 nitrogen and oxygen atoms in total. The van der Waals surface area contributed by atoms with Gasteiger partial charge in [0, 0.05) is 110 Å². The molecule has 4 atom stereocenters. The Hall–Kier alpha value is -8.48. The molecule has 4 aromatic heterocycles. The number of aromatic nitrogens is 6. The minimum atomic E-state index is -0.672. The molecule has 432 valence electrons. The van der Waals surface area contributed by atoms with Crippen LogP contribution in [-0.4, -0.2) is 124 Å². The van der Waals surface area contributed by atoms with Crippen LogP contribution in [0.15, 0.2) is 97.6 Å². The van der Waals surface area contributed by atoms with Crippen LogP contribution in [0.5, 0.6) is 11.5 Å². The number of pyridine rings is 2. The zero-order valence-corrected chi connectivity index (χ0v) is 47.0. The summed E-state index contributed by atoms with van der Waals surface area (Å²) in [6.07, 6.45) is 18.6. The van der Waals surface area contributed by atoms with Crippen LogP contribution in [0.4, 0.5) is 34.6 Å². The van der Waals surface area contributed by atoms with Crippen molar-refractivity contribution < 1.29 is 33.3 Å². The molecular weight excluding hydrogens is 1050 g/mol. The highest BCUT2D eigenvalue weighted by Crippen LogP contribution is 2.40. The fourth-order valence-corrected chi connectivity index (χ4v) is 11.1. The van der Waals surface area contributed by atoms with Crippen molar-refractivity contribution in [1.29, 1.82) is 5.26 Å². The van der Waals surface area contributed by atoms with Crippen LogP contribution in [0.25, 0.3) is 0 Å². The van der Waals surface area contributed by atoms with Crippen molar-refractivity contribution >= 4 is 52.4 Å². The molecule has 8 heterocycles. The quantitative estimate of drug-likeness (QED) is 0.0571. The largest absolute Gasteiger partial charge is 0.490 e. The maximum Gasteiger partial charge on any atom is 0.271 e. The standard InChI is InChI=1S/C31H37N7O4.C31H35N7O3/c1-19-25(36-31(40)21-6-11-26(33-17-21)20-4-5-20)3-2-14-38(19)27-18-34-28(29(32)39)30(37-27)35-22-7-9-23(10-8-22)42-24-12-15-41-16-13-24;1-20-26(36-31(39)22-6-11-27(33-18-22)21-4-5-21)3-2-14-38(20)29-19-34-28(17-32)30(37-29)35-23-7-9-24(10-8-23)41-25-12-15-40-16-13-25/h6-11,17-20,24-25H,2-5,12-16H2,1H3,(H2,32,39)(H,35,37)(H,36,40);6-11,18-21,25-26H,2-5,12-16H2,1H3,(H,35,37)(H,36,39)/t19-,25-;20-,26-/m11/s1. The van der Waals surface area contributed by atoms with E-state index in [0.717, 1.165) is 112 Å². The van der Waals surface area contributed by atoms with Crippen LogP contribution in [0.3, 0.4) is 0 Å². The van der Waals surface area contributed by atoms with Gasteiger partial charge >= 0.3 is 0 Å². The molecule has 2 saturated carbocycles. The molecule has 12 rings (SSSR count). The number of nitrogens with two attached hydrogens (primary N) is 1. The van der Waals surface area contributed by atoms with Gasteiger partial charge in [-0.15, -0.1) is 0 Å². The van der Waals surface area contributed by atoms with Crippen LogP contribution in [0.2, 0.25) is 0 Å². The van der Waals surface area contributed by atoms with E-state index in [4.69, 9.17) is 34.6 Å². The minimum Gasteiger partial charge on any atom is -0.490 e. The first-order valence-corrected chi connectivity index (χ1v) is 29.3. The lowest BCUT2D eigenvalue weighted by atomic mass is 9.97. The number of rotatable bonds is 17. The van der Waals surface area contributed by atoms with Gasteiger partial charge < -0.3 is 55.7 Å². The van der Waals surface area contributed by atoms with E-state index in [1.807, 2.05) is 72.8 Å². The SMILES string of the molecule is C[C@@H]1[C@H](NC(=O)c2ccc(C3CC3)nc2)CCCN1c1cnc(C#N)c(Nc2ccc(OC3CCOCC3)cc2)n1.C[C@@H]1[C@H](NC(=O)c2ccc(C3CC3)nc2)CCCN1c1cnc(C(N)=O)c(Nc2ccc(OC3CCOCC3)cc2)n1. The van der Waals surface area contributed by atoms with Crippen molar-refractivity contribution in [2.24, 2.45) is 5.73 Å². The van der Waals surface area contributed by atoms with Crippen molar-refractivity contribution in [2.75, 3.05) is 60.0 Å². The molecule has 21 heteroatoms. The zero-order valence-electron chi connectivity index (χ0n) is 47.0. The Balaban J connectivity index is 0.000000174. The van der Waals surface area contributed by atoms with E-state index in [-0.39, 0.29) is 65.4 Å². The van der Waals surface area contributed by atoms with E-state index in [1.165, 1.54) is 25.7 Å². The normalized spacial score (nSPS) is 21.1. The van der Waals surface area contributed by atoms with Gasteiger partial charge in [0.25, 0.3) is 17.7 Å². The molecule has 2 aliphatic carbocycles. The number of amides is 3. The van der Waals surface area contributed by atoms with Crippen LogP contribution < -0.4 is 46.3 Å². The third kappa shape index (κ3) is 14.4. The lowest BCUT2D eigenvalue weighted by Gasteiger charge is -2.40. The summed E-state index contributed by atoms with van der Waals surface area (Å²) in [4.78, 5) is 69.8. The molecule has 6 N–H and O–H groups in total. The second kappa shape index (κ2) is 26.2. The highest BCUT2D eigenvalue weighted by atomic mass is 16.5. The minimum absolute atomic E-state index is 0.0110. The first kappa shape index (κ1) is 56.4. The first-order valence-electron chi connectivity index (χ1n) is 29.3. The first-order chi connectivity index (χ1) is 40.5. The number of ether oxygens (including phenoxy) is 4. The van der Waals surface area contributed by atoms with Crippen LogP contribution >= 0.6 is 0 Å². The molecule has 6 aromatic rings. The maximum absolute atomic E-state index is 13.0. The van der Waals surface area contributed by atoms with Gasteiger partial charge in [0.1, 0.15) is 41.4 Å². The molecule has 2 aromatic carbocycles. The Morgan fingerprint density at radius 2 is 1.01 bits per heavy atom. The average molecular weight is 1130 g/mol. The van der Waals surface area contributed by atoms with E-state index in [2.05, 4.69) is 70.9 Å². The van der Waals surface area contributed by atoms with Gasteiger partial charge in [0.15, 0.2) is 23.0 Å². The summed E-state index contributed by atoms with van der Waals surface area (Å²) < 4.78 is 22.9. The monoisotopic (exact) mass is 1120 g/mol. The maximum atomic E-state index is 13.0. The number of primary amides is 1. The summed E-state index contributed by atoms with van der Waals surface area (Å²) >= 11 is 0. The summed E-state index contributed by atoms with van der Waals surface area (Å²) in [5, 5.41) is 22.5. The van der Waals surface area contributed by atoms with Gasteiger partial charge in [0.05, 0.1) is 49.9 Å². The topological polar surface area (TPSA) is 270 Å². The number of nitrogens with zero attached hydrogens (tertiary/aromatic N) is 9. The zero-order chi connectivity index (χ0) is 57.2. The lowest BCUT2D eigenvalue weighted by molar-refractivity contribution is 0.0253. The number of carbonyl (C=O) groups is 3. The van der Waals surface area contributed by atoms with E-state index in [9.17, 15) is 19.6 Å². The Labute approximate surface area is 483 Å². The van der Waals surface area contributed by atoms with Crippen molar-refractivity contribution in [1.82, 2.24) is 40.5 Å². The van der Waals surface area contributed by atoms with Crippen molar-refractivity contribution in [3.8, 4) is 17.6 Å². The Morgan fingerprint density at radius 3 is 1.43 bits per heavy atom. The Morgan fingerprint density at radius 1 is 0.566 bits per heavy atom. The Bertz CT molecular complexity index is 3240. The van der Waals surface area contributed by atoms with Crippen molar-refractivity contribution in [3.05, 3.63) is 131 Å². The highest BCUT2D eigenvalue weighted by molar-refractivity contribution is 5.97. The van der Waals surface area contributed by atoms with Crippen LogP contribution in [0, 0.1) is 11.3 Å². The van der Waals surface area contributed by atoms with Gasteiger partial charge in [-0.3, -0.25) is 24.4 Å². The van der Waals surface area contributed by atoms with E-state index in [0.29, 0.717) is 53.6 Å². The van der Waals surface area contributed by atoms with E-state index in [1.54, 1.807) is 24.8 Å². The summed E-state index contributed by atoms with van der Waals surface area (Å²) in [5.74, 6) is 3.68. The molecule has 3 amide bonds. The smallest absolute Gasteiger partial charge is 0.271 e. The third-order valence-corrected chi connectivity index (χ3v) is 16.3. The molecule has 4 saturated heterocycles. The molecule has 0 radical (unpaired) electrons. The fraction of sp³-hybridized carbons (Fsp3) is 0.452. The van der Waals surface area contributed by atoms with E-state index < -0.39 is 5.91 Å². The number of nitriles is 1. The Kier molecular flexibility index (Phi) is 17.8. The van der Waals surface area contributed by atoms with Crippen molar-refractivity contribution in [3.63, 3.8) is 0 Å². The number of benzene rings is 2. The molecule has 4 aliphatic heterocycles. The molecule has 6 aliphatic rings. The summed E-state index contributed by atoms with van der Waals surface area (Å²) in [6.45, 7) is 8.55. The second-order valence-electron chi connectivity index (χ2n) is 22.3. The molecule has 0 unspecified atom stereocenters. The summed E-state index contributed by atoms with van der Waals surface area (Å²) in [6, 6.07) is 24.7. The molecule has 83 heavy (non-hydrogen) atoms. The lowest BCUT2D eigenvalue weighted by Crippen LogP contribution is -2.54. The second-order valence-corrected chi connectivity index (χ2v) is 22.3. The number of piperidine rings is 2. The van der Waals surface area contributed by atoms with Gasteiger partial charge in [-0.25, -0.2) is 19.9 Å². The number of hydrogen-bond acceptors (Lipinski definition) is 18. The van der Waals surface area contributed by atoms with Crippen molar-refractivity contribution in [2.45, 2.75) is 139 Å². The van der Waals surface area contributed by atoms with Gasteiger partial charge in [0.2, 0.25) is 0 Å². The molecular formula is C62H72N14O7. The van der Waals surface area contributed by atoms with Crippen LogP contribution in [0.1, 0.15) is 151 Å². The third-order valence-electron chi connectivity index (χ3n) is 16.3. The molecule has 0 spiro atoms. The molecule has 0 bridgehead atoms. The number of hydrogen-bond donors (Lipinski definition) is 5. The summed E-state index contributed by atoms with van der Waals surface area (Å²) in [7, 11) is 0. The average Bonchev–Trinajstić information content (AvgIpc) is 4.59. The molecule has 6 fully saturated rings. The van der Waals surface area contributed by atoms with E-state index >= 15 is 0 Å². The number of anilines is 6. The highest BCUT2D eigenvalue weighted by Gasteiger charge is 2.34. The van der Waals surface area contributed by atoms with Gasteiger partial charge in [-0.1, -0.05) is 0 Å².